The summed E-state index contributed by atoms with van der Waals surface area (Å²) < 4.78 is 34.3. The van der Waals surface area contributed by atoms with Crippen LogP contribution in [0.15, 0.2) is 77.7 Å². The maximum atomic E-state index is 13.9. The fourth-order valence-electron chi connectivity index (χ4n) is 3.94. The molecule has 1 unspecified atom stereocenters. The van der Waals surface area contributed by atoms with Gasteiger partial charge in [-0.2, -0.15) is 0 Å². The Bertz CT molecular complexity index is 1380. The van der Waals surface area contributed by atoms with Crippen LogP contribution in [0, 0.1) is 6.92 Å². The average Bonchev–Trinajstić information content (AvgIpc) is 2.91. The lowest BCUT2D eigenvalue weighted by molar-refractivity contribution is -0.139. The Morgan fingerprint density at radius 1 is 1.03 bits per heavy atom. The van der Waals surface area contributed by atoms with Crippen LogP contribution in [0.3, 0.4) is 0 Å². The van der Waals surface area contributed by atoms with Crippen molar-refractivity contribution in [3.8, 4) is 5.75 Å². The van der Waals surface area contributed by atoms with Gasteiger partial charge in [-0.1, -0.05) is 54.1 Å². The van der Waals surface area contributed by atoms with Gasteiger partial charge in [0.25, 0.3) is 10.0 Å². The predicted molar refractivity (Wildman–Crippen MR) is 149 cm³/mol. The van der Waals surface area contributed by atoms with Crippen LogP contribution in [0.1, 0.15) is 25.0 Å². The fraction of sp³-hybridized carbons (Fsp3) is 0.286. The zero-order valence-corrected chi connectivity index (χ0v) is 23.4. The van der Waals surface area contributed by atoms with E-state index in [9.17, 15) is 18.0 Å². The summed E-state index contributed by atoms with van der Waals surface area (Å²) in [5, 5.41) is 3.16. The number of halogens is 1. The van der Waals surface area contributed by atoms with Gasteiger partial charge in [0.1, 0.15) is 18.3 Å². The zero-order chi connectivity index (χ0) is 27.9. The number of aryl methyl sites for hydroxylation is 1. The summed E-state index contributed by atoms with van der Waals surface area (Å²) in [6, 6.07) is 19.1. The van der Waals surface area contributed by atoms with Crippen molar-refractivity contribution in [2.24, 2.45) is 0 Å². The zero-order valence-electron chi connectivity index (χ0n) is 21.8. The van der Waals surface area contributed by atoms with Crippen molar-refractivity contribution < 1.29 is 22.7 Å². The fourth-order valence-corrected chi connectivity index (χ4v) is 5.58. The van der Waals surface area contributed by atoms with Gasteiger partial charge in [-0.15, -0.1) is 0 Å². The monoisotopic (exact) mass is 557 g/mol. The first-order chi connectivity index (χ1) is 18.1. The summed E-state index contributed by atoms with van der Waals surface area (Å²) in [4.78, 5) is 28.1. The number of likely N-dealkylation sites (N-methyl/N-ethyl adjacent to an activating group) is 1. The third-order valence-corrected chi connectivity index (χ3v) is 8.17. The van der Waals surface area contributed by atoms with Crippen LogP contribution in [0.5, 0.6) is 5.75 Å². The van der Waals surface area contributed by atoms with E-state index in [1.165, 1.54) is 24.1 Å². The molecule has 0 saturated carbocycles. The van der Waals surface area contributed by atoms with Gasteiger partial charge in [-0.3, -0.25) is 13.9 Å². The predicted octanol–water partition coefficient (Wildman–Crippen LogP) is 4.41. The molecule has 3 aromatic carbocycles. The van der Waals surface area contributed by atoms with Crippen LogP contribution in [-0.4, -0.2) is 51.4 Å². The second-order valence-corrected chi connectivity index (χ2v) is 11.0. The minimum absolute atomic E-state index is 0.0149. The summed E-state index contributed by atoms with van der Waals surface area (Å²) >= 11 is 6.37. The van der Waals surface area contributed by atoms with Crippen molar-refractivity contribution in [2.75, 3.05) is 24.5 Å². The first-order valence-electron chi connectivity index (χ1n) is 12.1. The molecule has 3 aromatic rings. The van der Waals surface area contributed by atoms with E-state index in [1.54, 1.807) is 74.5 Å². The number of nitrogens with zero attached hydrogens (tertiary/aromatic N) is 2. The number of rotatable bonds is 11. The van der Waals surface area contributed by atoms with Crippen molar-refractivity contribution in [3.05, 3.63) is 88.9 Å². The normalized spacial score (nSPS) is 11.9. The third-order valence-electron chi connectivity index (χ3n) is 6.03. The largest absolute Gasteiger partial charge is 0.495 e. The smallest absolute Gasteiger partial charge is 0.264 e. The van der Waals surface area contributed by atoms with Gasteiger partial charge >= 0.3 is 0 Å². The average molecular weight is 558 g/mol. The molecular formula is C28H32ClN3O5S. The second kappa shape index (κ2) is 12.8. The topological polar surface area (TPSA) is 96.0 Å². The number of carbonyl (C=O) groups is 2. The Morgan fingerprint density at radius 2 is 1.68 bits per heavy atom. The van der Waals surface area contributed by atoms with Crippen LogP contribution in [0.2, 0.25) is 5.02 Å². The van der Waals surface area contributed by atoms with E-state index in [4.69, 9.17) is 16.3 Å². The SMILES string of the molecule is CCNC(=O)C(C)N(Cc1ccccc1Cl)C(=O)CN(c1cc(C)ccc1OC)S(=O)(=O)c1ccccc1. The molecule has 0 aromatic heterocycles. The van der Waals surface area contributed by atoms with Crippen molar-refractivity contribution in [1.29, 1.82) is 0 Å². The molecule has 38 heavy (non-hydrogen) atoms. The second-order valence-electron chi connectivity index (χ2n) is 8.68. The maximum Gasteiger partial charge on any atom is 0.264 e. The van der Waals surface area contributed by atoms with E-state index < -0.39 is 28.5 Å². The van der Waals surface area contributed by atoms with Gasteiger partial charge in [0, 0.05) is 18.1 Å². The Balaban J connectivity index is 2.10. The molecule has 0 aliphatic heterocycles. The highest BCUT2D eigenvalue weighted by atomic mass is 35.5. The molecule has 202 valence electrons. The standard InChI is InChI=1S/C28H32ClN3O5S/c1-5-30-28(34)21(3)31(18-22-11-9-10-14-24(22)29)27(33)19-32(25-17-20(2)15-16-26(25)37-4)38(35,36)23-12-7-6-8-13-23/h6-17,21H,5,18-19H2,1-4H3,(H,30,34). The lowest BCUT2D eigenvalue weighted by atomic mass is 10.1. The molecule has 1 atom stereocenters. The van der Waals surface area contributed by atoms with Crippen LogP contribution >= 0.6 is 11.6 Å². The molecular weight excluding hydrogens is 526 g/mol. The van der Waals surface area contributed by atoms with Gasteiger partial charge in [0.15, 0.2) is 0 Å². The Morgan fingerprint density at radius 3 is 2.32 bits per heavy atom. The number of benzene rings is 3. The maximum absolute atomic E-state index is 13.9. The Kier molecular flexibility index (Phi) is 9.77. The summed E-state index contributed by atoms with van der Waals surface area (Å²) in [5.41, 5.74) is 1.63. The van der Waals surface area contributed by atoms with E-state index in [2.05, 4.69) is 5.32 Å². The molecule has 0 aliphatic carbocycles. The molecule has 8 nitrogen and oxygen atoms in total. The highest BCUT2D eigenvalue weighted by Crippen LogP contribution is 2.33. The lowest BCUT2D eigenvalue weighted by Crippen LogP contribution is -2.51. The number of carbonyl (C=O) groups excluding carboxylic acids is 2. The molecule has 0 fully saturated rings. The van der Waals surface area contributed by atoms with Crippen LogP contribution in [-0.2, 0) is 26.2 Å². The molecule has 0 aliphatic rings. The highest BCUT2D eigenvalue weighted by Gasteiger charge is 2.34. The van der Waals surface area contributed by atoms with E-state index in [0.29, 0.717) is 17.1 Å². The van der Waals surface area contributed by atoms with Gasteiger partial charge in [-0.25, -0.2) is 8.42 Å². The number of methoxy groups -OCH3 is 1. The number of sulfonamides is 1. The van der Waals surface area contributed by atoms with E-state index in [1.807, 2.05) is 6.92 Å². The molecule has 10 heteroatoms. The summed E-state index contributed by atoms with van der Waals surface area (Å²) in [7, 11) is -2.76. The minimum Gasteiger partial charge on any atom is -0.495 e. The molecule has 1 N–H and O–H groups in total. The summed E-state index contributed by atoms with van der Waals surface area (Å²) in [6.45, 7) is 5.03. The number of hydrogen-bond donors (Lipinski definition) is 1. The lowest BCUT2D eigenvalue weighted by Gasteiger charge is -2.32. The molecule has 0 radical (unpaired) electrons. The van der Waals surface area contributed by atoms with Crippen LogP contribution < -0.4 is 14.4 Å². The summed E-state index contributed by atoms with van der Waals surface area (Å²) in [6.07, 6.45) is 0. The van der Waals surface area contributed by atoms with Gasteiger partial charge < -0.3 is 15.0 Å². The highest BCUT2D eigenvalue weighted by molar-refractivity contribution is 7.92. The molecule has 0 heterocycles. The van der Waals surface area contributed by atoms with Crippen molar-refractivity contribution >= 4 is 39.1 Å². The Labute approximate surface area is 229 Å². The van der Waals surface area contributed by atoms with Crippen LogP contribution in [0.4, 0.5) is 5.69 Å². The number of amides is 2. The van der Waals surface area contributed by atoms with E-state index in [-0.39, 0.29) is 28.8 Å². The summed E-state index contributed by atoms with van der Waals surface area (Å²) in [5.74, 6) is -0.650. The number of nitrogens with one attached hydrogen (secondary N) is 1. The van der Waals surface area contributed by atoms with Crippen molar-refractivity contribution in [1.82, 2.24) is 10.2 Å². The Hall–Kier alpha value is -3.56. The quantitative estimate of drug-likeness (QED) is 0.377. The number of anilines is 1. The minimum atomic E-state index is -4.19. The molecule has 0 saturated heterocycles. The first-order valence-corrected chi connectivity index (χ1v) is 13.9. The molecule has 0 spiro atoms. The molecule has 0 bridgehead atoms. The number of ether oxygens (including phenoxy) is 1. The van der Waals surface area contributed by atoms with Gasteiger partial charge in [0.05, 0.1) is 17.7 Å². The third kappa shape index (κ3) is 6.65. The van der Waals surface area contributed by atoms with Crippen molar-refractivity contribution in [3.63, 3.8) is 0 Å². The first kappa shape index (κ1) is 29.0. The van der Waals surface area contributed by atoms with Gasteiger partial charge in [-0.05, 0) is 62.2 Å². The van der Waals surface area contributed by atoms with E-state index in [0.717, 1.165) is 9.87 Å². The molecule has 2 amide bonds. The van der Waals surface area contributed by atoms with Crippen LogP contribution in [0.25, 0.3) is 0 Å². The van der Waals surface area contributed by atoms with Crippen molar-refractivity contribution in [2.45, 2.75) is 38.3 Å². The van der Waals surface area contributed by atoms with Gasteiger partial charge in [0.2, 0.25) is 11.8 Å². The van der Waals surface area contributed by atoms with E-state index >= 15 is 0 Å². The number of hydrogen-bond acceptors (Lipinski definition) is 5. The molecule has 3 rings (SSSR count).